The molecule has 20 heavy (non-hydrogen) atoms. The van der Waals surface area contributed by atoms with E-state index in [1.807, 2.05) is 19.1 Å². The van der Waals surface area contributed by atoms with Crippen LogP contribution in [-0.2, 0) is 17.8 Å². The SMILES string of the molecule is CCNC(=O)NCc1ccccc1CN1CCOCC1. The molecule has 2 N–H and O–H groups in total. The van der Waals surface area contributed by atoms with Crippen LogP contribution in [0.5, 0.6) is 0 Å². The highest BCUT2D eigenvalue weighted by molar-refractivity contribution is 5.73. The van der Waals surface area contributed by atoms with Gasteiger partial charge in [-0.3, -0.25) is 4.90 Å². The van der Waals surface area contributed by atoms with Crippen LogP contribution in [0.2, 0.25) is 0 Å². The number of ether oxygens (including phenoxy) is 1. The first-order valence-electron chi connectivity index (χ1n) is 7.18. The molecular formula is C15H23N3O2. The van der Waals surface area contributed by atoms with Gasteiger partial charge in [-0.05, 0) is 18.1 Å². The summed E-state index contributed by atoms with van der Waals surface area (Å²) in [5.74, 6) is 0. The number of carbonyl (C=O) groups excluding carboxylic acids is 1. The fourth-order valence-electron chi connectivity index (χ4n) is 2.28. The topological polar surface area (TPSA) is 53.6 Å². The van der Waals surface area contributed by atoms with Gasteiger partial charge in [-0.25, -0.2) is 4.79 Å². The summed E-state index contributed by atoms with van der Waals surface area (Å²) in [6.45, 7) is 7.57. The van der Waals surface area contributed by atoms with E-state index in [0.717, 1.165) is 32.8 Å². The van der Waals surface area contributed by atoms with Crippen molar-refractivity contribution in [1.82, 2.24) is 15.5 Å². The van der Waals surface area contributed by atoms with Gasteiger partial charge in [0.15, 0.2) is 0 Å². The van der Waals surface area contributed by atoms with Gasteiger partial charge >= 0.3 is 6.03 Å². The molecule has 5 nitrogen and oxygen atoms in total. The lowest BCUT2D eigenvalue weighted by Crippen LogP contribution is -2.37. The summed E-state index contributed by atoms with van der Waals surface area (Å²) >= 11 is 0. The van der Waals surface area contributed by atoms with E-state index in [1.54, 1.807) is 0 Å². The Hall–Kier alpha value is -1.59. The van der Waals surface area contributed by atoms with E-state index in [-0.39, 0.29) is 6.03 Å². The molecule has 0 spiro atoms. The highest BCUT2D eigenvalue weighted by Crippen LogP contribution is 2.12. The largest absolute Gasteiger partial charge is 0.379 e. The molecular weight excluding hydrogens is 254 g/mol. The van der Waals surface area contributed by atoms with Crippen LogP contribution in [0.25, 0.3) is 0 Å². The van der Waals surface area contributed by atoms with Crippen LogP contribution >= 0.6 is 0 Å². The van der Waals surface area contributed by atoms with Crippen LogP contribution < -0.4 is 10.6 Å². The number of nitrogens with one attached hydrogen (secondary N) is 2. The molecule has 1 aromatic rings. The molecule has 5 heteroatoms. The smallest absolute Gasteiger partial charge is 0.315 e. The third kappa shape index (κ3) is 4.51. The van der Waals surface area contributed by atoms with E-state index in [2.05, 4.69) is 27.7 Å². The lowest BCUT2D eigenvalue weighted by molar-refractivity contribution is 0.0341. The Morgan fingerprint density at radius 1 is 1.20 bits per heavy atom. The van der Waals surface area contributed by atoms with Gasteiger partial charge in [0.2, 0.25) is 0 Å². The summed E-state index contributed by atoms with van der Waals surface area (Å²) in [6.07, 6.45) is 0. The predicted octanol–water partition coefficient (Wildman–Crippen LogP) is 1.34. The average Bonchev–Trinajstić information content (AvgIpc) is 2.48. The average molecular weight is 277 g/mol. The molecule has 1 aliphatic rings. The second-order valence-electron chi connectivity index (χ2n) is 4.87. The minimum Gasteiger partial charge on any atom is -0.379 e. The molecule has 0 radical (unpaired) electrons. The number of amides is 2. The molecule has 1 fully saturated rings. The normalized spacial score (nSPS) is 15.8. The van der Waals surface area contributed by atoms with Gasteiger partial charge in [0, 0.05) is 32.7 Å². The third-order valence-corrected chi connectivity index (χ3v) is 3.39. The quantitative estimate of drug-likeness (QED) is 0.854. The van der Waals surface area contributed by atoms with Crippen LogP contribution in [0, 0.1) is 0 Å². The Balaban J connectivity index is 1.93. The molecule has 0 saturated carbocycles. The Kier molecular flexibility index (Phi) is 5.83. The van der Waals surface area contributed by atoms with Gasteiger partial charge in [-0.15, -0.1) is 0 Å². The van der Waals surface area contributed by atoms with Gasteiger partial charge in [-0.2, -0.15) is 0 Å². The molecule has 1 heterocycles. The number of benzene rings is 1. The van der Waals surface area contributed by atoms with Crippen molar-refractivity contribution in [3.63, 3.8) is 0 Å². The summed E-state index contributed by atoms with van der Waals surface area (Å²) in [5.41, 5.74) is 2.44. The van der Waals surface area contributed by atoms with E-state index in [4.69, 9.17) is 4.74 Å². The number of rotatable bonds is 5. The molecule has 0 aliphatic carbocycles. The van der Waals surface area contributed by atoms with Gasteiger partial charge in [0.05, 0.1) is 13.2 Å². The maximum Gasteiger partial charge on any atom is 0.315 e. The molecule has 110 valence electrons. The Bertz CT molecular complexity index is 431. The van der Waals surface area contributed by atoms with Crippen LogP contribution in [0.15, 0.2) is 24.3 Å². The summed E-state index contributed by atoms with van der Waals surface area (Å²) in [5, 5.41) is 5.62. The van der Waals surface area contributed by atoms with Crippen molar-refractivity contribution >= 4 is 6.03 Å². The molecule has 0 atom stereocenters. The zero-order chi connectivity index (χ0) is 14.2. The summed E-state index contributed by atoms with van der Waals surface area (Å²) in [6, 6.07) is 8.14. The van der Waals surface area contributed by atoms with E-state index in [0.29, 0.717) is 13.1 Å². The zero-order valence-corrected chi connectivity index (χ0v) is 12.0. The molecule has 0 bridgehead atoms. The molecule has 2 amide bonds. The van der Waals surface area contributed by atoms with Crippen molar-refractivity contribution in [3.05, 3.63) is 35.4 Å². The van der Waals surface area contributed by atoms with Crippen molar-refractivity contribution in [1.29, 1.82) is 0 Å². The summed E-state index contributed by atoms with van der Waals surface area (Å²) in [7, 11) is 0. The summed E-state index contributed by atoms with van der Waals surface area (Å²) < 4.78 is 5.37. The number of hydrogen-bond acceptors (Lipinski definition) is 3. The maximum atomic E-state index is 11.5. The monoisotopic (exact) mass is 277 g/mol. The van der Waals surface area contributed by atoms with Gasteiger partial charge in [0.25, 0.3) is 0 Å². The van der Waals surface area contributed by atoms with E-state index in [9.17, 15) is 4.79 Å². The minimum atomic E-state index is -0.117. The lowest BCUT2D eigenvalue weighted by atomic mass is 10.1. The second kappa shape index (κ2) is 7.87. The third-order valence-electron chi connectivity index (χ3n) is 3.39. The summed E-state index contributed by atoms with van der Waals surface area (Å²) in [4.78, 5) is 13.9. The Morgan fingerprint density at radius 3 is 2.60 bits per heavy atom. The fraction of sp³-hybridized carbons (Fsp3) is 0.533. The zero-order valence-electron chi connectivity index (χ0n) is 12.0. The van der Waals surface area contributed by atoms with Crippen LogP contribution in [0.3, 0.4) is 0 Å². The number of hydrogen-bond donors (Lipinski definition) is 2. The first kappa shape index (κ1) is 14.8. The van der Waals surface area contributed by atoms with Crippen molar-refractivity contribution in [2.75, 3.05) is 32.8 Å². The standard InChI is InChI=1S/C15H23N3O2/c1-2-16-15(19)17-11-13-5-3-4-6-14(13)12-18-7-9-20-10-8-18/h3-6H,2,7-12H2,1H3,(H2,16,17,19). The molecule has 1 saturated heterocycles. The van der Waals surface area contributed by atoms with E-state index < -0.39 is 0 Å². The maximum absolute atomic E-state index is 11.5. The number of carbonyl (C=O) groups is 1. The van der Waals surface area contributed by atoms with Crippen molar-refractivity contribution in [3.8, 4) is 0 Å². The van der Waals surface area contributed by atoms with E-state index in [1.165, 1.54) is 11.1 Å². The van der Waals surface area contributed by atoms with Crippen LogP contribution in [0.1, 0.15) is 18.1 Å². The van der Waals surface area contributed by atoms with E-state index >= 15 is 0 Å². The number of nitrogens with zero attached hydrogens (tertiary/aromatic N) is 1. The minimum absolute atomic E-state index is 0.117. The molecule has 1 aromatic carbocycles. The molecule has 2 rings (SSSR count). The first-order chi connectivity index (χ1) is 9.79. The van der Waals surface area contributed by atoms with Crippen molar-refractivity contribution in [2.45, 2.75) is 20.0 Å². The lowest BCUT2D eigenvalue weighted by Gasteiger charge is -2.27. The van der Waals surface area contributed by atoms with Crippen LogP contribution in [0.4, 0.5) is 4.79 Å². The highest BCUT2D eigenvalue weighted by Gasteiger charge is 2.12. The highest BCUT2D eigenvalue weighted by atomic mass is 16.5. The van der Waals surface area contributed by atoms with Gasteiger partial charge in [0.1, 0.15) is 0 Å². The second-order valence-corrected chi connectivity index (χ2v) is 4.87. The van der Waals surface area contributed by atoms with Crippen LogP contribution in [-0.4, -0.2) is 43.8 Å². The number of morpholine rings is 1. The Labute approximate surface area is 120 Å². The predicted molar refractivity (Wildman–Crippen MR) is 78.5 cm³/mol. The van der Waals surface area contributed by atoms with Crippen molar-refractivity contribution < 1.29 is 9.53 Å². The molecule has 0 unspecified atom stereocenters. The Morgan fingerprint density at radius 2 is 1.90 bits per heavy atom. The first-order valence-corrected chi connectivity index (χ1v) is 7.18. The molecule has 0 aromatic heterocycles. The molecule has 1 aliphatic heterocycles. The van der Waals surface area contributed by atoms with Gasteiger partial charge < -0.3 is 15.4 Å². The van der Waals surface area contributed by atoms with Crippen molar-refractivity contribution in [2.24, 2.45) is 0 Å². The fourth-order valence-corrected chi connectivity index (χ4v) is 2.28. The number of urea groups is 1. The van der Waals surface area contributed by atoms with Gasteiger partial charge in [-0.1, -0.05) is 24.3 Å².